The number of benzene rings is 1. The van der Waals surface area contributed by atoms with E-state index in [-0.39, 0.29) is 6.61 Å². The molecule has 20 heavy (non-hydrogen) atoms. The van der Waals surface area contributed by atoms with Gasteiger partial charge in [-0.2, -0.15) is 4.37 Å². The monoisotopic (exact) mass is 294 g/mol. The Bertz CT molecular complexity index is 552. The van der Waals surface area contributed by atoms with E-state index in [9.17, 15) is 5.11 Å². The Balaban J connectivity index is 1.92. The first-order valence-corrected chi connectivity index (χ1v) is 7.73. The summed E-state index contributed by atoms with van der Waals surface area (Å²) >= 11 is 1.43. The molecule has 0 spiro atoms. The molecule has 0 saturated heterocycles. The minimum atomic E-state index is -1.28. The summed E-state index contributed by atoms with van der Waals surface area (Å²) in [7, 11) is 0. The number of aromatic nitrogens is 1. The first kappa shape index (κ1) is 15.2. The zero-order chi connectivity index (χ0) is 14.6. The Morgan fingerprint density at radius 2 is 2.25 bits per heavy atom. The largest absolute Gasteiger partial charge is 0.488 e. The number of nitrogens with zero attached hydrogens (tertiary/aromatic N) is 1. The predicted molar refractivity (Wildman–Crippen MR) is 82.9 cm³/mol. The Hall–Kier alpha value is -1.17. The topological polar surface area (TPSA) is 68.4 Å². The zero-order valence-corrected chi connectivity index (χ0v) is 12.8. The molecule has 1 atom stereocenters. The molecule has 0 saturated carbocycles. The van der Waals surface area contributed by atoms with Gasteiger partial charge in [-0.3, -0.25) is 0 Å². The number of ether oxygens (including phenoxy) is 1. The Kier molecular flexibility index (Phi) is 4.96. The van der Waals surface area contributed by atoms with Crippen LogP contribution >= 0.6 is 11.5 Å². The van der Waals surface area contributed by atoms with Crippen molar-refractivity contribution in [2.75, 3.05) is 6.61 Å². The highest BCUT2D eigenvalue weighted by molar-refractivity contribution is 7.13. The second-order valence-electron chi connectivity index (χ2n) is 5.67. The average molecular weight is 294 g/mol. The van der Waals surface area contributed by atoms with Crippen LogP contribution in [-0.4, -0.2) is 21.8 Å². The number of hydrogen-bond acceptors (Lipinski definition) is 5. The van der Waals surface area contributed by atoms with Crippen molar-refractivity contribution in [3.8, 4) is 5.75 Å². The van der Waals surface area contributed by atoms with Gasteiger partial charge in [0.1, 0.15) is 18.1 Å². The van der Waals surface area contributed by atoms with E-state index in [1.165, 1.54) is 11.5 Å². The predicted octanol–water partition coefficient (Wildman–Crippen LogP) is 3.15. The van der Waals surface area contributed by atoms with Crippen LogP contribution in [0.3, 0.4) is 0 Å². The van der Waals surface area contributed by atoms with Gasteiger partial charge in [-0.1, -0.05) is 26.3 Å². The number of nitrogens with two attached hydrogens (primary N) is 1. The van der Waals surface area contributed by atoms with E-state index in [1.54, 1.807) is 6.20 Å². The third-order valence-corrected chi connectivity index (χ3v) is 3.99. The smallest absolute Gasteiger partial charge is 0.147 e. The summed E-state index contributed by atoms with van der Waals surface area (Å²) in [6, 6.07) is 5.79. The Morgan fingerprint density at radius 1 is 1.45 bits per heavy atom. The minimum absolute atomic E-state index is 0.0973. The molecule has 0 amide bonds. The Morgan fingerprint density at radius 3 is 3.00 bits per heavy atom. The first-order chi connectivity index (χ1) is 9.48. The SMILES string of the molecule is CC(C)CCCC(N)(O)COc1cccc2sncc12. The van der Waals surface area contributed by atoms with Gasteiger partial charge in [-0.05, 0) is 42.4 Å². The summed E-state index contributed by atoms with van der Waals surface area (Å²) in [6.45, 7) is 4.42. The van der Waals surface area contributed by atoms with Crippen LogP contribution in [0.2, 0.25) is 0 Å². The maximum absolute atomic E-state index is 10.2. The number of rotatable bonds is 7. The molecule has 0 aliphatic carbocycles. The van der Waals surface area contributed by atoms with Crippen LogP contribution in [0.15, 0.2) is 24.4 Å². The Labute approximate surface area is 123 Å². The first-order valence-electron chi connectivity index (χ1n) is 6.95. The van der Waals surface area contributed by atoms with E-state index >= 15 is 0 Å². The van der Waals surface area contributed by atoms with Gasteiger partial charge in [0, 0.05) is 0 Å². The molecule has 1 aromatic carbocycles. The van der Waals surface area contributed by atoms with Crippen molar-refractivity contribution in [3.63, 3.8) is 0 Å². The summed E-state index contributed by atoms with van der Waals surface area (Å²) < 4.78 is 10.9. The van der Waals surface area contributed by atoms with E-state index in [0.717, 1.165) is 28.7 Å². The quantitative estimate of drug-likeness (QED) is 0.770. The molecule has 2 aromatic rings. The molecule has 3 N–H and O–H groups in total. The third kappa shape index (κ3) is 4.16. The fraction of sp³-hybridized carbons (Fsp3) is 0.533. The van der Waals surface area contributed by atoms with Crippen molar-refractivity contribution in [1.29, 1.82) is 0 Å². The second-order valence-corrected chi connectivity index (χ2v) is 6.51. The van der Waals surface area contributed by atoms with Crippen molar-refractivity contribution in [1.82, 2.24) is 4.37 Å². The third-order valence-electron chi connectivity index (χ3n) is 3.23. The maximum Gasteiger partial charge on any atom is 0.147 e. The lowest BCUT2D eigenvalue weighted by atomic mass is 10.0. The minimum Gasteiger partial charge on any atom is -0.488 e. The van der Waals surface area contributed by atoms with Crippen LogP contribution < -0.4 is 10.5 Å². The van der Waals surface area contributed by atoms with Gasteiger partial charge in [0.25, 0.3) is 0 Å². The van der Waals surface area contributed by atoms with Gasteiger partial charge in [0.05, 0.1) is 16.3 Å². The fourth-order valence-corrected chi connectivity index (χ4v) is 2.75. The van der Waals surface area contributed by atoms with E-state index in [1.807, 2.05) is 18.2 Å². The van der Waals surface area contributed by atoms with Gasteiger partial charge >= 0.3 is 0 Å². The molecule has 0 aliphatic heterocycles. The van der Waals surface area contributed by atoms with Gasteiger partial charge in [-0.15, -0.1) is 0 Å². The molecule has 2 rings (SSSR count). The molecule has 110 valence electrons. The lowest BCUT2D eigenvalue weighted by Crippen LogP contribution is -2.45. The number of aliphatic hydroxyl groups is 1. The number of hydrogen-bond donors (Lipinski definition) is 2. The molecule has 1 unspecified atom stereocenters. The van der Waals surface area contributed by atoms with Crippen molar-refractivity contribution in [2.24, 2.45) is 11.7 Å². The fourth-order valence-electron chi connectivity index (χ4n) is 2.08. The van der Waals surface area contributed by atoms with Crippen molar-refractivity contribution < 1.29 is 9.84 Å². The summed E-state index contributed by atoms with van der Waals surface area (Å²) in [6.07, 6.45) is 4.29. The summed E-state index contributed by atoms with van der Waals surface area (Å²) in [5.74, 6) is 1.35. The average Bonchev–Trinajstić information content (AvgIpc) is 2.84. The highest BCUT2D eigenvalue weighted by Crippen LogP contribution is 2.28. The zero-order valence-electron chi connectivity index (χ0n) is 12.0. The molecule has 0 bridgehead atoms. The summed E-state index contributed by atoms with van der Waals surface area (Å²) in [5, 5.41) is 11.1. The molecular formula is C15H22N2O2S. The maximum atomic E-state index is 10.2. The molecular weight excluding hydrogens is 272 g/mol. The van der Waals surface area contributed by atoms with Gasteiger partial charge in [0.2, 0.25) is 0 Å². The molecule has 1 heterocycles. The lowest BCUT2D eigenvalue weighted by Gasteiger charge is -2.23. The van der Waals surface area contributed by atoms with Crippen LogP contribution in [0.5, 0.6) is 5.75 Å². The summed E-state index contributed by atoms with van der Waals surface area (Å²) in [4.78, 5) is 0. The van der Waals surface area contributed by atoms with Crippen LogP contribution in [-0.2, 0) is 0 Å². The van der Waals surface area contributed by atoms with Crippen molar-refractivity contribution >= 4 is 21.6 Å². The highest BCUT2D eigenvalue weighted by atomic mass is 32.1. The molecule has 5 heteroatoms. The van der Waals surface area contributed by atoms with Crippen LogP contribution in [0.25, 0.3) is 10.1 Å². The van der Waals surface area contributed by atoms with E-state index in [2.05, 4.69) is 18.2 Å². The molecule has 0 fully saturated rings. The van der Waals surface area contributed by atoms with E-state index in [4.69, 9.17) is 10.5 Å². The molecule has 0 radical (unpaired) electrons. The number of fused-ring (bicyclic) bond motifs is 1. The summed E-state index contributed by atoms with van der Waals surface area (Å²) in [5.41, 5.74) is 4.61. The standard InChI is InChI=1S/C15H22N2O2S/c1-11(2)5-4-8-15(16,18)10-19-13-6-3-7-14-12(13)9-17-20-14/h3,6-7,9,11,18H,4-5,8,10,16H2,1-2H3. The molecule has 0 aliphatic rings. The van der Waals surface area contributed by atoms with Crippen LogP contribution in [0.4, 0.5) is 0 Å². The molecule has 1 aromatic heterocycles. The molecule has 4 nitrogen and oxygen atoms in total. The van der Waals surface area contributed by atoms with Crippen molar-refractivity contribution in [3.05, 3.63) is 24.4 Å². The normalized spacial score (nSPS) is 14.7. The van der Waals surface area contributed by atoms with Gasteiger partial charge < -0.3 is 15.6 Å². The second kappa shape index (κ2) is 6.52. The highest BCUT2D eigenvalue weighted by Gasteiger charge is 2.22. The van der Waals surface area contributed by atoms with E-state index in [0.29, 0.717) is 12.3 Å². The van der Waals surface area contributed by atoms with Crippen LogP contribution in [0, 0.1) is 5.92 Å². The van der Waals surface area contributed by atoms with E-state index < -0.39 is 5.72 Å². The van der Waals surface area contributed by atoms with Gasteiger partial charge in [-0.25, -0.2) is 0 Å². The van der Waals surface area contributed by atoms with Gasteiger partial charge in [0.15, 0.2) is 0 Å². The van der Waals surface area contributed by atoms with Crippen LogP contribution in [0.1, 0.15) is 33.1 Å². The lowest BCUT2D eigenvalue weighted by molar-refractivity contribution is -0.00867. The van der Waals surface area contributed by atoms with Crippen molar-refractivity contribution in [2.45, 2.75) is 38.8 Å².